The van der Waals surface area contributed by atoms with Crippen molar-refractivity contribution in [2.45, 2.75) is 25.1 Å². The van der Waals surface area contributed by atoms with E-state index in [2.05, 4.69) is 4.98 Å². The first-order valence-corrected chi connectivity index (χ1v) is 5.50. The van der Waals surface area contributed by atoms with Crippen LogP contribution in [-0.2, 0) is 6.18 Å². The van der Waals surface area contributed by atoms with E-state index in [0.29, 0.717) is 12.2 Å². The van der Waals surface area contributed by atoms with Gasteiger partial charge in [-0.05, 0) is 25.0 Å². The topological polar surface area (TPSA) is 42.1 Å². The van der Waals surface area contributed by atoms with Crippen molar-refractivity contribution >= 4 is 5.69 Å². The summed E-state index contributed by atoms with van der Waals surface area (Å²) in [6, 6.07) is 2.71. The quantitative estimate of drug-likeness (QED) is 0.823. The van der Waals surface area contributed by atoms with Gasteiger partial charge < -0.3 is 10.6 Å². The Bertz CT molecular complexity index is 392. The fraction of sp³-hybridized carbons (Fsp3) is 0.545. The lowest BCUT2D eigenvalue weighted by Crippen LogP contribution is -2.42. The zero-order chi connectivity index (χ0) is 12.5. The minimum absolute atomic E-state index is 0.0336. The fourth-order valence-electron chi connectivity index (χ4n) is 2.02. The molecular formula is C11H14F3N3. The number of aromatic nitrogens is 1. The molecule has 0 aliphatic carbocycles. The second-order valence-electron chi connectivity index (χ2n) is 4.25. The Labute approximate surface area is 97.4 Å². The number of alkyl halides is 3. The maximum atomic E-state index is 12.5. The highest BCUT2D eigenvalue weighted by Crippen LogP contribution is 2.30. The van der Waals surface area contributed by atoms with Gasteiger partial charge in [-0.25, -0.2) is 0 Å². The van der Waals surface area contributed by atoms with Gasteiger partial charge in [0.25, 0.3) is 0 Å². The monoisotopic (exact) mass is 245 g/mol. The van der Waals surface area contributed by atoms with E-state index in [0.717, 1.165) is 25.5 Å². The maximum Gasteiger partial charge on any atom is 0.433 e. The molecule has 0 spiro atoms. The Morgan fingerprint density at radius 2 is 2.18 bits per heavy atom. The van der Waals surface area contributed by atoms with Crippen LogP contribution in [0.25, 0.3) is 0 Å². The Hall–Kier alpha value is -1.30. The number of anilines is 1. The summed E-state index contributed by atoms with van der Waals surface area (Å²) >= 11 is 0. The third kappa shape index (κ3) is 2.88. The minimum Gasteiger partial charge on any atom is -0.370 e. The summed E-state index contributed by atoms with van der Waals surface area (Å²) in [5, 5.41) is 0. The molecule has 1 unspecified atom stereocenters. The molecule has 0 amide bonds. The Morgan fingerprint density at radius 3 is 2.82 bits per heavy atom. The summed E-state index contributed by atoms with van der Waals surface area (Å²) in [5.74, 6) is 0. The van der Waals surface area contributed by atoms with Crippen molar-refractivity contribution in [1.29, 1.82) is 0 Å². The summed E-state index contributed by atoms with van der Waals surface area (Å²) in [7, 11) is 0. The van der Waals surface area contributed by atoms with Crippen molar-refractivity contribution in [3.8, 4) is 0 Å². The van der Waals surface area contributed by atoms with Gasteiger partial charge in [0, 0.05) is 31.0 Å². The van der Waals surface area contributed by atoms with Gasteiger partial charge in [0.15, 0.2) is 0 Å². The zero-order valence-corrected chi connectivity index (χ0v) is 9.24. The predicted octanol–water partition coefficient (Wildman–Crippen LogP) is 2.03. The molecule has 1 aromatic rings. The SMILES string of the molecule is NC1CCCN(c2ccnc(C(F)(F)F)c2)C1. The van der Waals surface area contributed by atoms with E-state index < -0.39 is 11.9 Å². The molecule has 1 atom stereocenters. The van der Waals surface area contributed by atoms with Crippen molar-refractivity contribution in [2.24, 2.45) is 5.73 Å². The fourth-order valence-corrected chi connectivity index (χ4v) is 2.02. The number of halogens is 3. The van der Waals surface area contributed by atoms with Crippen LogP contribution in [0.3, 0.4) is 0 Å². The average molecular weight is 245 g/mol. The van der Waals surface area contributed by atoms with E-state index in [9.17, 15) is 13.2 Å². The minimum atomic E-state index is -4.39. The van der Waals surface area contributed by atoms with Crippen LogP contribution in [0, 0.1) is 0 Å². The molecule has 0 radical (unpaired) electrons. The summed E-state index contributed by atoms with van der Waals surface area (Å²) in [4.78, 5) is 5.22. The summed E-state index contributed by atoms with van der Waals surface area (Å²) in [6.07, 6.45) is -1.37. The molecule has 0 bridgehead atoms. The van der Waals surface area contributed by atoms with Crippen LogP contribution in [0.4, 0.5) is 18.9 Å². The van der Waals surface area contributed by atoms with E-state index in [-0.39, 0.29) is 6.04 Å². The van der Waals surface area contributed by atoms with Crippen LogP contribution < -0.4 is 10.6 Å². The molecule has 1 aromatic heterocycles. The molecule has 1 saturated heterocycles. The molecule has 2 heterocycles. The van der Waals surface area contributed by atoms with E-state index in [4.69, 9.17) is 5.73 Å². The largest absolute Gasteiger partial charge is 0.433 e. The number of nitrogens with zero attached hydrogens (tertiary/aromatic N) is 2. The number of pyridine rings is 1. The lowest BCUT2D eigenvalue weighted by atomic mass is 10.1. The molecule has 94 valence electrons. The van der Waals surface area contributed by atoms with Crippen LogP contribution in [-0.4, -0.2) is 24.1 Å². The van der Waals surface area contributed by atoms with Gasteiger partial charge in [-0.15, -0.1) is 0 Å². The molecule has 1 aliphatic heterocycles. The van der Waals surface area contributed by atoms with Gasteiger partial charge in [-0.1, -0.05) is 0 Å². The summed E-state index contributed by atoms with van der Waals surface area (Å²) in [6.45, 7) is 1.34. The second kappa shape index (κ2) is 4.52. The number of nitrogens with two attached hydrogens (primary N) is 1. The van der Waals surface area contributed by atoms with E-state index >= 15 is 0 Å². The summed E-state index contributed by atoms with van der Waals surface area (Å²) in [5.41, 5.74) is 5.50. The molecule has 17 heavy (non-hydrogen) atoms. The van der Waals surface area contributed by atoms with E-state index in [1.165, 1.54) is 6.20 Å². The smallest absolute Gasteiger partial charge is 0.370 e. The van der Waals surface area contributed by atoms with E-state index in [1.54, 1.807) is 6.07 Å². The zero-order valence-electron chi connectivity index (χ0n) is 9.24. The van der Waals surface area contributed by atoms with Crippen molar-refractivity contribution in [1.82, 2.24) is 4.98 Å². The van der Waals surface area contributed by atoms with Gasteiger partial charge in [0.2, 0.25) is 0 Å². The van der Waals surface area contributed by atoms with Crippen LogP contribution in [0.5, 0.6) is 0 Å². The van der Waals surface area contributed by atoms with Crippen molar-refractivity contribution in [2.75, 3.05) is 18.0 Å². The Morgan fingerprint density at radius 1 is 1.41 bits per heavy atom. The predicted molar refractivity (Wildman–Crippen MR) is 58.7 cm³/mol. The van der Waals surface area contributed by atoms with Crippen molar-refractivity contribution in [3.05, 3.63) is 24.0 Å². The lowest BCUT2D eigenvalue weighted by molar-refractivity contribution is -0.141. The summed E-state index contributed by atoms with van der Waals surface area (Å²) < 4.78 is 37.5. The van der Waals surface area contributed by atoms with E-state index in [1.807, 2.05) is 4.90 Å². The van der Waals surface area contributed by atoms with Gasteiger partial charge in [0.05, 0.1) is 0 Å². The highest BCUT2D eigenvalue weighted by Gasteiger charge is 2.33. The molecule has 2 N–H and O–H groups in total. The number of rotatable bonds is 1. The Kier molecular flexibility index (Phi) is 3.24. The molecule has 1 aliphatic rings. The molecule has 0 saturated carbocycles. The number of hydrogen-bond donors (Lipinski definition) is 1. The first-order chi connectivity index (χ1) is 7.97. The molecular weight excluding hydrogens is 231 g/mol. The first-order valence-electron chi connectivity index (χ1n) is 5.50. The number of hydrogen-bond acceptors (Lipinski definition) is 3. The highest BCUT2D eigenvalue weighted by atomic mass is 19.4. The van der Waals surface area contributed by atoms with Gasteiger partial charge >= 0.3 is 6.18 Å². The Balaban J connectivity index is 2.21. The molecule has 6 heteroatoms. The molecule has 3 nitrogen and oxygen atoms in total. The molecule has 1 fully saturated rings. The average Bonchev–Trinajstić information content (AvgIpc) is 2.28. The van der Waals surface area contributed by atoms with Gasteiger partial charge in [-0.2, -0.15) is 13.2 Å². The third-order valence-electron chi connectivity index (χ3n) is 2.86. The number of piperidine rings is 1. The lowest BCUT2D eigenvalue weighted by Gasteiger charge is -2.32. The first kappa shape index (κ1) is 12.2. The van der Waals surface area contributed by atoms with Gasteiger partial charge in [0.1, 0.15) is 5.69 Å². The standard InChI is InChI=1S/C11H14F3N3/c12-11(13,14)10-6-9(3-4-16-10)17-5-1-2-8(15)7-17/h3-4,6,8H,1-2,5,7,15H2. The highest BCUT2D eigenvalue weighted by molar-refractivity contribution is 5.47. The van der Waals surface area contributed by atoms with Crippen molar-refractivity contribution in [3.63, 3.8) is 0 Å². The third-order valence-corrected chi connectivity index (χ3v) is 2.86. The van der Waals surface area contributed by atoms with Crippen LogP contribution >= 0.6 is 0 Å². The van der Waals surface area contributed by atoms with Crippen LogP contribution in [0.1, 0.15) is 18.5 Å². The maximum absolute atomic E-state index is 12.5. The second-order valence-corrected chi connectivity index (χ2v) is 4.25. The molecule has 0 aromatic carbocycles. The molecule has 2 rings (SSSR count). The normalized spacial score (nSPS) is 21.6. The van der Waals surface area contributed by atoms with Crippen molar-refractivity contribution < 1.29 is 13.2 Å². The van der Waals surface area contributed by atoms with Gasteiger partial charge in [-0.3, -0.25) is 4.98 Å². The van der Waals surface area contributed by atoms with Crippen LogP contribution in [0.2, 0.25) is 0 Å². The van der Waals surface area contributed by atoms with Crippen LogP contribution in [0.15, 0.2) is 18.3 Å².